The van der Waals surface area contributed by atoms with E-state index in [9.17, 15) is 4.79 Å². The Balaban J connectivity index is 2.17. The molecular formula is C15H22N2O2. The Morgan fingerprint density at radius 1 is 1.37 bits per heavy atom. The number of hydrogen-bond acceptors (Lipinski definition) is 3. The third-order valence-corrected chi connectivity index (χ3v) is 3.86. The molecule has 2 rings (SSSR count). The molecule has 0 aromatic heterocycles. The molecule has 4 nitrogen and oxygen atoms in total. The van der Waals surface area contributed by atoms with Crippen LogP contribution in [0.25, 0.3) is 0 Å². The van der Waals surface area contributed by atoms with E-state index in [-0.39, 0.29) is 12.5 Å². The molecule has 1 aliphatic heterocycles. The summed E-state index contributed by atoms with van der Waals surface area (Å²) in [5.41, 5.74) is 2.48. The first-order valence-electron chi connectivity index (χ1n) is 6.80. The van der Waals surface area contributed by atoms with E-state index in [4.69, 9.17) is 5.11 Å². The first-order valence-corrected chi connectivity index (χ1v) is 6.80. The van der Waals surface area contributed by atoms with Crippen LogP contribution in [0.2, 0.25) is 0 Å². The van der Waals surface area contributed by atoms with Crippen molar-refractivity contribution in [2.75, 3.05) is 31.6 Å². The van der Waals surface area contributed by atoms with Crippen molar-refractivity contribution in [1.82, 2.24) is 4.90 Å². The van der Waals surface area contributed by atoms with Crippen LogP contribution in [0.5, 0.6) is 0 Å². The molecule has 1 aromatic rings. The second-order valence-electron chi connectivity index (χ2n) is 5.32. The van der Waals surface area contributed by atoms with Crippen molar-refractivity contribution in [3.05, 3.63) is 29.8 Å². The van der Waals surface area contributed by atoms with Crippen molar-refractivity contribution < 1.29 is 9.90 Å². The Morgan fingerprint density at radius 3 is 2.79 bits per heavy atom. The lowest BCUT2D eigenvalue weighted by Crippen LogP contribution is -2.40. The molecular weight excluding hydrogens is 240 g/mol. The molecule has 0 radical (unpaired) electrons. The smallest absolute Gasteiger partial charge is 0.305 e. The van der Waals surface area contributed by atoms with Crippen LogP contribution in [0.4, 0.5) is 5.69 Å². The van der Waals surface area contributed by atoms with Crippen LogP contribution in [0, 0.1) is 6.92 Å². The van der Waals surface area contributed by atoms with Gasteiger partial charge in [-0.2, -0.15) is 0 Å². The number of aliphatic carboxylic acids is 1. The van der Waals surface area contributed by atoms with Crippen molar-refractivity contribution in [3.63, 3.8) is 0 Å². The molecule has 1 heterocycles. The SMILES string of the molecule is Cc1ccccc1N1CCCN(C)C(CC(=O)O)C1. The summed E-state index contributed by atoms with van der Waals surface area (Å²) in [4.78, 5) is 15.5. The van der Waals surface area contributed by atoms with E-state index in [0.29, 0.717) is 0 Å². The highest BCUT2D eigenvalue weighted by atomic mass is 16.4. The summed E-state index contributed by atoms with van der Waals surface area (Å²) in [7, 11) is 2.02. The van der Waals surface area contributed by atoms with Gasteiger partial charge >= 0.3 is 5.97 Å². The molecule has 0 amide bonds. The van der Waals surface area contributed by atoms with Crippen molar-refractivity contribution in [2.45, 2.75) is 25.8 Å². The van der Waals surface area contributed by atoms with Crippen LogP contribution in [0.15, 0.2) is 24.3 Å². The summed E-state index contributed by atoms with van der Waals surface area (Å²) in [6.45, 7) is 4.84. The van der Waals surface area contributed by atoms with Crippen molar-refractivity contribution in [2.24, 2.45) is 0 Å². The largest absolute Gasteiger partial charge is 0.481 e. The third-order valence-electron chi connectivity index (χ3n) is 3.86. The van der Waals surface area contributed by atoms with Crippen LogP contribution in [-0.4, -0.2) is 48.7 Å². The molecule has 104 valence electrons. The van der Waals surface area contributed by atoms with Gasteiger partial charge < -0.3 is 14.9 Å². The number of para-hydroxylation sites is 1. The van der Waals surface area contributed by atoms with Gasteiger partial charge in [0.15, 0.2) is 0 Å². The van der Waals surface area contributed by atoms with Crippen LogP contribution < -0.4 is 4.90 Å². The van der Waals surface area contributed by atoms with E-state index in [2.05, 4.69) is 28.9 Å². The number of rotatable bonds is 3. The van der Waals surface area contributed by atoms with Gasteiger partial charge in [0.1, 0.15) is 0 Å². The Bertz CT molecular complexity index is 448. The molecule has 0 aliphatic carbocycles. The van der Waals surface area contributed by atoms with Crippen LogP contribution in [0.1, 0.15) is 18.4 Å². The molecule has 0 bridgehead atoms. The minimum atomic E-state index is -0.719. The van der Waals surface area contributed by atoms with Crippen LogP contribution in [0.3, 0.4) is 0 Å². The summed E-state index contributed by atoms with van der Waals surface area (Å²) in [6.07, 6.45) is 1.28. The number of nitrogens with zero attached hydrogens (tertiary/aromatic N) is 2. The van der Waals surface area contributed by atoms with Gasteiger partial charge in [-0.3, -0.25) is 4.79 Å². The Kier molecular flexibility index (Phi) is 4.43. The highest BCUT2D eigenvalue weighted by molar-refractivity contribution is 5.67. The number of carboxylic acid groups (broad SMARTS) is 1. The molecule has 0 saturated carbocycles. The highest BCUT2D eigenvalue weighted by Gasteiger charge is 2.25. The molecule has 19 heavy (non-hydrogen) atoms. The van der Waals surface area contributed by atoms with E-state index < -0.39 is 5.97 Å². The number of likely N-dealkylation sites (N-methyl/N-ethyl adjacent to an activating group) is 1. The average Bonchev–Trinajstić information content (AvgIpc) is 2.52. The molecule has 1 aromatic carbocycles. The fourth-order valence-corrected chi connectivity index (χ4v) is 2.74. The summed E-state index contributed by atoms with van der Waals surface area (Å²) >= 11 is 0. The van der Waals surface area contributed by atoms with Gasteiger partial charge in [0, 0.05) is 24.8 Å². The minimum absolute atomic E-state index is 0.0830. The van der Waals surface area contributed by atoms with Gasteiger partial charge in [0.25, 0.3) is 0 Å². The molecule has 1 N–H and O–H groups in total. The van der Waals surface area contributed by atoms with Crippen LogP contribution >= 0.6 is 0 Å². The first-order chi connectivity index (χ1) is 9.08. The molecule has 1 atom stereocenters. The number of carbonyl (C=O) groups is 1. The second kappa shape index (κ2) is 6.06. The van der Waals surface area contributed by atoms with Crippen molar-refractivity contribution in [1.29, 1.82) is 0 Å². The fraction of sp³-hybridized carbons (Fsp3) is 0.533. The average molecular weight is 262 g/mol. The second-order valence-corrected chi connectivity index (χ2v) is 5.32. The maximum absolute atomic E-state index is 11.0. The standard InChI is InChI=1S/C15H22N2O2/c1-12-6-3-4-7-14(12)17-9-5-8-16(2)13(11-17)10-15(18)19/h3-4,6-7,13H,5,8-11H2,1-2H3,(H,18,19). The lowest BCUT2D eigenvalue weighted by molar-refractivity contribution is -0.138. The summed E-state index contributed by atoms with van der Waals surface area (Å²) in [5.74, 6) is -0.719. The summed E-state index contributed by atoms with van der Waals surface area (Å²) in [6, 6.07) is 8.40. The third kappa shape index (κ3) is 3.47. The zero-order valence-electron chi connectivity index (χ0n) is 11.7. The summed E-state index contributed by atoms with van der Waals surface area (Å²) in [5, 5.41) is 9.04. The lowest BCUT2D eigenvalue weighted by Gasteiger charge is -2.30. The number of benzene rings is 1. The minimum Gasteiger partial charge on any atom is -0.481 e. The van der Waals surface area contributed by atoms with E-state index in [1.165, 1.54) is 11.3 Å². The Hall–Kier alpha value is -1.55. The molecule has 0 spiro atoms. The fourth-order valence-electron chi connectivity index (χ4n) is 2.74. The predicted molar refractivity (Wildman–Crippen MR) is 76.7 cm³/mol. The maximum atomic E-state index is 11.0. The van der Waals surface area contributed by atoms with Crippen LogP contribution in [-0.2, 0) is 4.79 Å². The van der Waals surface area contributed by atoms with Gasteiger partial charge in [-0.25, -0.2) is 0 Å². The quantitative estimate of drug-likeness (QED) is 0.904. The van der Waals surface area contributed by atoms with Crippen molar-refractivity contribution in [3.8, 4) is 0 Å². The topological polar surface area (TPSA) is 43.8 Å². The maximum Gasteiger partial charge on any atom is 0.305 e. The zero-order valence-corrected chi connectivity index (χ0v) is 11.7. The predicted octanol–water partition coefficient (Wildman–Crippen LogP) is 1.98. The van der Waals surface area contributed by atoms with Gasteiger partial charge in [-0.1, -0.05) is 18.2 Å². The number of anilines is 1. The zero-order chi connectivity index (χ0) is 13.8. The van der Waals surface area contributed by atoms with Gasteiger partial charge in [0.05, 0.1) is 6.42 Å². The van der Waals surface area contributed by atoms with E-state index in [0.717, 1.165) is 26.1 Å². The molecule has 1 saturated heterocycles. The highest BCUT2D eigenvalue weighted by Crippen LogP contribution is 2.23. The molecule has 1 aliphatic rings. The van der Waals surface area contributed by atoms with Gasteiger partial charge in [-0.05, 0) is 38.6 Å². The van der Waals surface area contributed by atoms with Crippen molar-refractivity contribution >= 4 is 11.7 Å². The Morgan fingerprint density at radius 2 is 2.11 bits per heavy atom. The molecule has 4 heteroatoms. The van der Waals surface area contributed by atoms with Gasteiger partial charge in [0.2, 0.25) is 0 Å². The lowest BCUT2D eigenvalue weighted by atomic mass is 10.1. The monoisotopic (exact) mass is 262 g/mol. The molecule has 1 fully saturated rings. The van der Waals surface area contributed by atoms with E-state index in [1.807, 2.05) is 19.2 Å². The normalized spacial score (nSPS) is 21.2. The first kappa shape index (κ1) is 13.9. The summed E-state index contributed by atoms with van der Waals surface area (Å²) < 4.78 is 0. The van der Waals surface area contributed by atoms with Gasteiger partial charge in [-0.15, -0.1) is 0 Å². The Labute approximate surface area is 114 Å². The number of aryl methyl sites for hydroxylation is 1. The van der Waals surface area contributed by atoms with E-state index >= 15 is 0 Å². The number of carboxylic acids is 1. The molecule has 1 unspecified atom stereocenters. The van der Waals surface area contributed by atoms with E-state index in [1.54, 1.807) is 0 Å². The number of hydrogen-bond donors (Lipinski definition) is 1.